The molecule has 1 aliphatic rings. The summed E-state index contributed by atoms with van der Waals surface area (Å²) in [4.78, 5) is 12.2. The zero-order chi connectivity index (χ0) is 13.8. The number of nitrogens with two attached hydrogens (primary N) is 1. The van der Waals surface area contributed by atoms with Crippen molar-refractivity contribution in [1.29, 1.82) is 0 Å². The molecule has 0 spiro atoms. The molecule has 1 saturated carbocycles. The van der Waals surface area contributed by atoms with Crippen molar-refractivity contribution in [3.63, 3.8) is 0 Å². The SMILES string of the molecule is CC(C(=O)NC(CN)C1CCCCC1)C(C)(C)C.Cl. The average Bonchev–Trinajstić information content (AvgIpc) is 2.34. The number of amides is 1. The van der Waals surface area contributed by atoms with Crippen LogP contribution in [-0.4, -0.2) is 18.5 Å². The Bertz CT molecular complexity index is 270. The fourth-order valence-electron chi connectivity index (χ4n) is 2.61. The van der Waals surface area contributed by atoms with Gasteiger partial charge in [-0.15, -0.1) is 12.4 Å². The number of hydrogen-bond donors (Lipinski definition) is 2. The van der Waals surface area contributed by atoms with Gasteiger partial charge in [0.25, 0.3) is 0 Å². The van der Waals surface area contributed by atoms with Crippen LogP contribution >= 0.6 is 12.4 Å². The second-order valence-electron chi connectivity index (χ2n) is 6.84. The highest BCUT2D eigenvalue weighted by atomic mass is 35.5. The molecule has 114 valence electrons. The predicted octanol–water partition coefficient (Wildman–Crippen LogP) is 3.11. The molecular formula is C15H31ClN2O. The molecule has 1 aliphatic carbocycles. The molecule has 4 heteroatoms. The van der Waals surface area contributed by atoms with E-state index in [0.717, 1.165) is 0 Å². The summed E-state index contributed by atoms with van der Waals surface area (Å²) >= 11 is 0. The van der Waals surface area contributed by atoms with Crippen LogP contribution in [0.1, 0.15) is 59.8 Å². The van der Waals surface area contributed by atoms with Crippen LogP contribution in [0.4, 0.5) is 0 Å². The first-order chi connectivity index (χ1) is 8.36. The number of carbonyl (C=O) groups is 1. The van der Waals surface area contributed by atoms with Crippen LogP contribution in [0.15, 0.2) is 0 Å². The molecule has 3 nitrogen and oxygen atoms in total. The maximum Gasteiger partial charge on any atom is 0.223 e. The summed E-state index contributed by atoms with van der Waals surface area (Å²) in [6, 6.07) is 0.169. The van der Waals surface area contributed by atoms with Crippen LogP contribution in [0.2, 0.25) is 0 Å². The van der Waals surface area contributed by atoms with Crippen molar-refractivity contribution in [1.82, 2.24) is 5.32 Å². The van der Waals surface area contributed by atoms with Gasteiger partial charge in [0.2, 0.25) is 5.91 Å². The maximum atomic E-state index is 12.2. The van der Waals surface area contributed by atoms with Crippen molar-refractivity contribution in [2.24, 2.45) is 23.0 Å². The highest BCUT2D eigenvalue weighted by molar-refractivity contribution is 5.85. The zero-order valence-electron chi connectivity index (χ0n) is 12.9. The van der Waals surface area contributed by atoms with Gasteiger partial charge in [-0.25, -0.2) is 0 Å². The van der Waals surface area contributed by atoms with Gasteiger partial charge < -0.3 is 11.1 Å². The molecule has 0 saturated heterocycles. The first-order valence-electron chi connectivity index (χ1n) is 7.36. The summed E-state index contributed by atoms with van der Waals surface area (Å²) in [5, 5.41) is 3.18. The quantitative estimate of drug-likeness (QED) is 0.836. The van der Waals surface area contributed by atoms with E-state index in [2.05, 4.69) is 26.1 Å². The predicted molar refractivity (Wildman–Crippen MR) is 83.4 cm³/mol. The Hall–Kier alpha value is -0.280. The highest BCUT2D eigenvalue weighted by Crippen LogP contribution is 2.28. The molecule has 19 heavy (non-hydrogen) atoms. The van der Waals surface area contributed by atoms with E-state index >= 15 is 0 Å². The lowest BCUT2D eigenvalue weighted by atomic mass is 9.80. The Kier molecular flexibility index (Phi) is 7.99. The van der Waals surface area contributed by atoms with Crippen LogP contribution in [0.3, 0.4) is 0 Å². The summed E-state index contributed by atoms with van der Waals surface area (Å²) in [7, 11) is 0. The Morgan fingerprint density at radius 2 is 1.79 bits per heavy atom. The smallest absolute Gasteiger partial charge is 0.223 e. The first-order valence-corrected chi connectivity index (χ1v) is 7.36. The summed E-state index contributed by atoms with van der Waals surface area (Å²) < 4.78 is 0. The molecule has 3 N–H and O–H groups in total. The van der Waals surface area contributed by atoms with Crippen molar-refractivity contribution in [3.8, 4) is 0 Å². The summed E-state index contributed by atoms with van der Waals surface area (Å²) in [5.74, 6) is 0.763. The van der Waals surface area contributed by atoms with Crippen molar-refractivity contribution < 1.29 is 4.79 Å². The van der Waals surface area contributed by atoms with E-state index in [1.165, 1.54) is 32.1 Å². The van der Waals surface area contributed by atoms with E-state index < -0.39 is 0 Å². The van der Waals surface area contributed by atoms with E-state index in [1.54, 1.807) is 0 Å². The molecule has 1 rings (SSSR count). The van der Waals surface area contributed by atoms with Crippen molar-refractivity contribution in [2.75, 3.05) is 6.54 Å². The first kappa shape index (κ1) is 18.7. The number of nitrogens with one attached hydrogen (secondary N) is 1. The molecular weight excluding hydrogens is 260 g/mol. The number of hydrogen-bond acceptors (Lipinski definition) is 2. The van der Waals surface area contributed by atoms with Gasteiger partial charge in [-0.1, -0.05) is 47.0 Å². The Balaban J connectivity index is 0.00000324. The third-order valence-corrected chi connectivity index (χ3v) is 4.49. The molecule has 1 fully saturated rings. The average molecular weight is 291 g/mol. The van der Waals surface area contributed by atoms with E-state index in [4.69, 9.17) is 5.73 Å². The van der Waals surface area contributed by atoms with Crippen LogP contribution in [0, 0.1) is 17.3 Å². The minimum Gasteiger partial charge on any atom is -0.352 e. The lowest BCUT2D eigenvalue weighted by Crippen LogP contribution is -2.49. The van der Waals surface area contributed by atoms with E-state index in [0.29, 0.717) is 12.5 Å². The zero-order valence-corrected chi connectivity index (χ0v) is 13.7. The van der Waals surface area contributed by atoms with E-state index in [9.17, 15) is 4.79 Å². The van der Waals surface area contributed by atoms with Gasteiger partial charge in [-0.2, -0.15) is 0 Å². The minimum atomic E-state index is 0. The minimum absolute atomic E-state index is 0. The molecule has 0 heterocycles. The standard InChI is InChI=1S/C15H30N2O.ClH/c1-11(15(2,3)4)14(18)17-13(10-16)12-8-6-5-7-9-12;/h11-13H,5-10,16H2,1-4H3,(H,17,18);1H. The number of rotatable bonds is 4. The van der Waals surface area contributed by atoms with Crippen molar-refractivity contribution in [2.45, 2.75) is 65.8 Å². The number of carbonyl (C=O) groups excluding carboxylic acids is 1. The summed E-state index contributed by atoms with van der Waals surface area (Å²) in [6.45, 7) is 8.89. The van der Waals surface area contributed by atoms with Gasteiger partial charge in [-0.05, 0) is 24.2 Å². The van der Waals surface area contributed by atoms with Crippen molar-refractivity contribution in [3.05, 3.63) is 0 Å². The molecule has 2 unspecified atom stereocenters. The van der Waals surface area contributed by atoms with Gasteiger partial charge in [0, 0.05) is 18.5 Å². The monoisotopic (exact) mass is 290 g/mol. The fraction of sp³-hybridized carbons (Fsp3) is 0.933. The second kappa shape index (κ2) is 8.11. The second-order valence-corrected chi connectivity index (χ2v) is 6.84. The molecule has 0 aromatic carbocycles. The van der Waals surface area contributed by atoms with Gasteiger partial charge in [0.1, 0.15) is 0 Å². The third-order valence-electron chi connectivity index (χ3n) is 4.49. The van der Waals surface area contributed by atoms with E-state index in [-0.39, 0.29) is 35.7 Å². The van der Waals surface area contributed by atoms with Gasteiger partial charge in [0.15, 0.2) is 0 Å². The Morgan fingerprint density at radius 1 is 1.26 bits per heavy atom. The van der Waals surface area contributed by atoms with Crippen LogP contribution in [0.5, 0.6) is 0 Å². The molecule has 0 aromatic heterocycles. The van der Waals surface area contributed by atoms with Crippen LogP contribution < -0.4 is 11.1 Å². The highest BCUT2D eigenvalue weighted by Gasteiger charge is 2.30. The summed E-state index contributed by atoms with van der Waals surface area (Å²) in [5.41, 5.74) is 5.86. The van der Waals surface area contributed by atoms with Crippen LogP contribution in [-0.2, 0) is 4.79 Å². The lowest BCUT2D eigenvalue weighted by Gasteiger charge is -2.33. The molecule has 0 radical (unpaired) electrons. The molecule has 1 amide bonds. The lowest BCUT2D eigenvalue weighted by molar-refractivity contribution is -0.128. The fourth-order valence-corrected chi connectivity index (χ4v) is 2.61. The molecule has 0 bridgehead atoms. The Labute approximate surface area is 124 Å². The molecule has 0 aliphatic heterocycles. The van der Waals surface area contributed by atoms with Gasteiger partial charge in [-0.3, -0.25) is 4.79 Å². The largest absolute Gasteiger partial charge is 0.352 e. The summed E-state index contributed by atoms with van der Waals surface area (Å²) in [6.07, 6.45) is 6.33. The topological polar surface area (TPSA) is 55.1 Å². The molecule has 0 aromatic rings. The van der Waals surface area contributed by atoms with Gasteiger partial charge >= 0.3 is 0 Å². The molecule has 2 atom stereocenters. The third kappa shape index (κ3) is 5.70. The Morgan fingerprint density at radius 3 is 2.21 bits per heavy atom. The van der Waals surface area contributed by atoms with Crippen molar-refractivity contribution >= 4 is 18.3 Å². The van der Waals surface area contributed by atoms with Crippen LogP contribution in [0.25, 0.3) is 0 Å². The number of halogens is 1. The normalized spacial score (nSPS) is 20.3. The van der Waals surface area contributed by atoms with E-state index in [1.807, 2.05) is 6.92 Å². The van der Waals surface area contributed by atoms with Gasteiger partial charge in [0.05, 0.1) is 0 Å². The maximum absolute atomic E-state index is 12.2.